The molecule has 0 bridgehead atoms. The number of aliphatic hydroxyl groups is 1. The minimum atomic E-state index is -0.732. The molecule has 2 unspecified atom stereocenters. The average Bonchev–Trinajstić information content (AvgIpc) is 3.22. The van der Waals surface area contributed by atoms with E-state index in [-0.39, 0.29) is 23.2 Å². The fraction of sp³-hybridized carbons (Fsp3) is 0.333. The average molecular weight is 422 g/mol. The molecule has 2 aliphatic rings. The Balaban J connectivity index is 1.81. The topological polar surface area (TPSA) is 90.3 Å². The molecule has 2 heterocycles. The summed E-state index contributed by atoms with van der Waals surface area (Å²) in [4.78, 5) is 29.3. The van der Waals surface area contributed by atoms with E-state index in [1.165, 1.54) is 17.0 Å². The van der Waals surface area contributed by atoms with Crippen LogP contribution in [-0.2, 0) is 16.0 Å². The highest BCUT2D eigenvalue weighted by atomic mass is 16.5. The zero-order valence-electron chi connectivity index (χ0n) is 17.8. The van der Waals surface area contributed by atoms with Gasteiger partial charge in [0.05, 0.1) is 11.6 Å². The Kier molecular flexibility index (Phi) is 5.45. The van der Waals surface area contributed by atoms with E-state index in [4.69, 9.17) is 4.74 Å². The molecule has 4 rings (SSSR count). The molecular weight excluding hydrogens is 396 g/mol. The zero-order valence-corrected chi connectivity index (χ0v) is 17.8. The number of nitrogens with zero attached hydrogens (tertiary/aromatic N) is 2. The third-order valence-corrected chi connectivity index (χ3v) is 5.71. The highest BCUT2D eigenvalue weighted by Crippen LogP contribution is 2.40. The van der Waals surface area contributed by atoms with Crippen LogP contribution in [0.5, 0.6) is 11.5 Å². The quantitative estimate of drug-likeness (QED) is 0.438. The smallest absolute Gasteiger partial charge is 0.295 e. The van der Waals surface area contributed by atoms with Crippen molar-refractivity contribution in [1.82, 2.24) is 9.80 Å². The number of hydrogen-bond acceptors (Lipinski definition) is 6. The molecule has 2 aliphatic heterocycles. The number of carbonyl (C=O) groups excluding carboxylic acids is 2. The van der Waals surface area contributed by atoms with Gasteiger partial charge in [-0.15, -0.1) is 0 Å². The normalized spacial score (nSPS) is 22.1. The van der Waals surface area contributed by atoms with Crippen molar-refractivity contribution in [3.8, 4) is 11.5 Å². The summed E-state index contributed by atoms with van der Waals surface area (Å²) in [6, 6.07) is 10.9. The van der Waals surface area contributed by atoms with Gasteiger partial charge in [-0.3, -0.25) is 9.59 Å². The van der Waals surface area contributed by atoms with E-state index in [1.54, 1.807) is 24.3 Å². The number of ether oxygens (including phenoxy) is 1. The second kappa shape index (κ2) is 8.07. The number of phenolic OH excluding ortho intramolecular Hbond substituents is 1. The minimum absolute atomic E-state index is 0.0565. The second-order valence-corrected chi connectivity index (χ2v) is 8.34. The molecule has 0 saturated carbocycles. The molecule has 7 nitrogen and oxygen atoms in total. The van der Waals surface area contributed by atoms with Crippen LogP contribution in [0.3, 0.4) is 0 Å². The first kappa shape index (κ1) is 20.9. The number of benzene rings is 2. The molecule has 7 heteroatoms. The van der Waals surface area contributed by atoms with Crippen LogP contribution in [0.15, 0.2) is 48.0 Å². The van der Waals surface area contributed by atoms with Crippen LogP contribution >= 0.6 is 0 Å². The Labute approximate surface area is 181 Å². The lowest BCUT2D eigenvalue weighted by Crippen LogP contribution is -2.35. The highest BCUT2D eigenvalue weighted by molar-refractivity contribution is 6.46. The Morgan fingerprint density at radius 2 is 1.87 bits per heavy atom. The highest BCUT2D eigenvalue weighted by Gasteiger charge is 2.46. The molecule has 1 amide bonds. The first-order chi connectivity index (χ1) is 14.8. The number of ketones is 1. The van der Waals surface area contributed by atoms with Crippen LogP contribution < -0.4 is 4.74 Å². The predicted octanol–water partition coefficient (Wildman–Crippen LogP) is 2.70. The van der Waals surface area contributed by atoms with E-state index >= 15 is 0 Å². The van der Waals surface area contributed by atoms with Crippen LogP contribution in [0.1, 0.15) is 29.7 Å². The van der Waals surface area contributed by atoms with Crippen molar-refractivity contribution in [3.05, 3.63) is 64.7 Å². The van der Waals surface area contributed by atoms with Gasteiger partial charge < -0.3 is 24.7 Å². The number of Topliss-reactive ketones (excluding diaryl/α,β-unsaturated/α-hetero) is 1. The molecule has 1 saturated heterocycles. The van der Waals surface area contributed by atoms with Gasteiger partial charge in [0.15, 0.2) is 0 Å². The van der Waals surface area contributed by atoms with E-state index in [0.29, 0.717) is 24.2 Å². The summed E-state index contributed by atoms with van der Waals surface area (Å²) in [6.45, 7) is 2.87. The van der Waals surface area contributed by atoms with Crippen molar-refractivity contribution < 1.29 is 24.5 Å². The first-order valence-electron chi connectivity index (χ1n) is 10.3. The van der Waals surface area contributed by atoms with Crippen molar-refractivity contribution in [2.24, 2.45) is 0 Å². The minimum Gasteiger partial charge on any atom is -0.508 e. The van der Waals surface area contributed by atoms with Crippen molar-refractivity contribution in [3.63, 3.8) is 0 Å². The summed E-state index contributed by atoms with van der Waals surface area (Å²) >= 11 is 0. The monoisotopic (exact) mass is 422 g/mol. The van der Waals surface area contributed by atoms with Gasteiger partial charge in [0.1, 0.15) is 23.4 Å². The van der Waals surface area contributed by atoms with Gasteiger partial charge in [-0.1, -0.05) is 12.1 Å². The lowest BCUT2D eigenvalue weighted by atomic mass is 9.94. The van der Waals surface area contributed by atoms with Crippen LogP contribution in [-0.4, -0.2) is 65.0 Å². The number of hydrogen-bond donors (Lipinski definition) is 2. The summed E-state index contributed by atoms with van der Waals surface area (Å²) in [7, 11) is 3.78. The number of likely N-dealkylation sites (N-methyl/N-ethyl adjacent to an activating group) is 1. The van der Waals surface area contributed by atoms with E-state index in [2.05, 4.69) is 0 Å². The molecule has 2 aromatic carbocycles. The number of aliphatic hydroxyl groups excluding tert-OH is 1. The lowest BCUT2D eigenvalue weighted by Gasteiger charge is -2.26. The largest absolute Gasteiger partial charge is 0.508 e. The third kappa shape index (κ3) is 3.88. The summed E-state index contributed by atoms with van der Waals surface area (Å²) in [5.41, 5.74) is 2.14. The SMILES string of the molecule is CC1Cc2cc(C(O)=C3C(=O)C(=O)N(CCN(C)C)C3c3ccc(O)cc3)ccc2O1. The maximum atomic E-state index is 13.0. The first-order valence-corrected chi connectivity index (χ1v) is 10.3. The zero-order chi connectivity index (χ0) is 22.3. The third-order valence-electron chi connectivity index (χ3n) is 5.71. The van der Waals surface area contributed by atoms with Gasteiger partial charge in [-0.25, -0.2) is 0 Å². The molecule has 0 spiro atoms. The van der Waals surface area contributed by atoms with Crippen LogP contribution in [0.25, 0.3) is 5.76 Å². The summed E-state index contributed by atoms with van der Waals surface area (Å²) in [5.74, 6) is -0.697. The molecule has 0 aliphatic carbocycles. The Bertz CT molecular complexity index is 1060. The second-order valence-electron chi connectivity index (χ2n) is 8.34. The number of fused-ring (bicyclic) bond motifs is 1. The van der Waals surface area contributed by atoms with E-state index in [1.807, 2.05) is 32.0 Å². The fourth-order valence-corrected chi connectivity index (χ4v) is 4.15. The molecule has 2 atom stereocenters. The fourth-order valence-electron chi connectivity index (χ4n) is 4.15. The molecule has 162 valence electrons. The predicted molar refractivity (Wildman–Crippen MR) is 116 cm³/mol. The van der Waals surface area contributed by atoms with E-state index in [9.17, 15) is 19.8 Å². The van der Waals surface area contributed by atoms with Crippen LogP contribution in [0.4, 0.5) is 0 Å². The van der Waals surface area contributed by atoms with E-state index in [0.717, 1.165) is 17.7 Å². The maximum absolute atomic E-state index is 13.0. The Morgan fingerprint density at radius 1 is 1.16 bits per heavy atom. The van der Waals surface area contributed by atoms with Crippen molar-refractivity contribution in [1.29, 1.82) is 0 Å². The molecular formula is C24H26N2O5. The number of rotatable bonds is 5. The van der Waals surface area contributed by atoms with Crippen molar-refractivity contribution in [2.75, 3.05) is 27.2 Å². The summed E-state index contributed by atoms with van der Waals surface area (Å²) in [6.07, 6.45) is 0.774. The Hall–Kier alpha value is -3.32. The van der Waals surface area contributed by atoms with Crippen LogP contribution in [0, 0.1) is 0 Å². The van der Waals surface area contributed by atoms with Gasteiger partial charge in [0.25, 0.3) is 11.7 Å². The molecule has 2 aromatic rings. The number of amides is 1. The van der Waals surface area contributed by atoms with E-state index < -0.39 is 17.7 Å². The number of phenols is 1. The number of aromatic hydroxyl groups is 1. The Morgan fingerprint density at radius 3 is 2.55 bits per heavy atom. The molecule has 1 fully saturated rings. The molecule has 0 radical (unpaired) electrons. The lowest BCUT2D eigenvalue weighted by molar-refractivity contribution is -0.140. The van der Waals surface area contributed by atoms with Gasteiger partial charge in [0, 0.05) is 25.1 Å². The summed E-state index contributed by atoms with van der Waals surface area (Å²) in [5, 5.41) is 20.8. The van der Waals surface area contributed by atoms with Crippen LogP contribution in [0.2, 0.25) is 0 Å². The molecule has 0 aromatic heterocycles. The van der Waals surface area contributed by atoms with Gasteiger partial charge in [0.2, 0.25) is 0 Å². The molecule has 31 heavy (non-hydrogen) atoms. The van der Waals surface area contributed by atoms with Gasteiger partial charge in [-0.2, -0.15) is 0 Å². The maximum Gasteiger partial charge on any atom is 0.295 e. The van der Waals surface area contributed by atoms with Crippen molar-refractivity contribution >= 4 is 17.4 Å². The standard InChI is InChI=1S/C24H26N2O5/c1-14-12-17-13-16(6-9-19(17)31-14)22(28)20-21(15-4-7-18(27)8-5-15)26(11-10-25(2)3)24(30)23(20)29/h4-9,13-14,21,27-28H,10-12H2,1-3H3. The van der Waals surface area contributed by atoms with Crippen molar-refractivity contribution in [2.45, 2.75) is 25.5 Å². The van der Waals surface area contributed by atoms with Gasteiger partial charge >= 0.3 is 0 Å². The molecule has 2 N–H and O–H groups in total. The number of carbonyl (C=O) groups is 2. The van der Waals surface area contributed by atoms with Gasteiger partial charge in [-0.05, 0) is 62.5 Å². The summed E-state index contributed by atoms with van der Waals surface area (Å²) < 4.78 is 5.72. The number of likely N-dealkylation sites (tertiary alicyclic amines) is 1.